The predicted molar refractivity (Wildman–Crippen MR) is 134 cm³/mol. The quantitative estimate of drug-likeness (QED) is 0.403. The number of aliphatic hydroxyl groups is 1. The third-order valence-electron chi connectivity index (χ3n) is 6.30. The van der Waals surface area contributed by atoms with Crippen molar-refractivity contribution in [3.8, 4) is 17.1 Å². The molecule has 0 amide bonds. The highest BCUT2D eigenvalue weighted by Gasteiger charge is 2.24. The summed E-state index contributed by atoms with van der Waals surface area (Å²) in [6.07, 6.45) is 6.70. The first kappa shape index (κ1) is 21.6. The van der Waals surface area contributed by atoms with Crippen LogP contribution in [0.15, 0.2) is 55.1 Å². The summed E-state index contributed by atoms with van der Waals surface area (Å²) in [5.41, 5.74) is 5.25. The van der Waals surface area contributed by atoms with E-state index in [0.29, 0.717) is 31.5 Å². The third kappa shape index (κ3) is 4.33. The van der Waals surface area contributed by atoms with Gasteiger partial charge in [-0.25, -0.2) is 15.0 Å². The number of nitrogens with zero attached hydrogens (tertiary/aromatic N) is 5. The van der Waals surface area contributed by atoms with Gasteiger partial charge in [-0.1, -0.05) is 0 Å². The van der Waals surface area contributed by atoms with Gasteiger partial charge in [0, 0.05) is 61.4 Å². The van der Waals surface area contributed by atoms with E-state index in [1.54, 1.807) is 19.3 Å². The Kier molecular flexibility index (Phi) is 5.59. The molecule has 4 aromatic rings. The van der Waals surface area contributed by atoms with Crippen molar-refractivity contribution in [1.82, 2.24) is 19.4 Å². The number of ether oxygens (including phenoxy) is 2. The van der Waals surface area contributed by atoms with E-state index in [1.807, 2.05) is 35.0 Å². The fourth-order valence-corrected chi connectivity index (χ4v) is 4.42. The number of pyridine rings is 1. The molecule has 5 heterocycles. The second-order valence-corrected chi connectivity index (χ2v) is 8.75. The van der Waals surface area contributed by atoms with Crippen molar-refractivity contribution >= 4 is 28.5 Å². The lowest BCUT2D eigenvalue weighted by Gasteiger charge is -2.35. The standard InChI is InChI=1S/C25H27N7O3/c1-16(33)22-15-31(9-11-34-22)19-4-2-18(3-5-19)29-23-24-27-6-8-32(24)14-21(30-23)17-12-20-25(28-13-17)35-10-7-26-20/h2-6,8,12-14,16,22,26,33H,7,9-11,15H2,1H3,(H,29,30)/t16-,22?/m0/s1. The first-order valence-electron chi connectivity index (χ1n) is 11.8. The van der Waals surface area contributed by atoms with E-state index in [4.69, 9.17) is 14.5 Å². The Morgan fingerprint density at radius 1 is 1.20 bits per heavy atom. The van der Waals surface area contributed by atoms with Gasteiger partial charge in [0.05, 0.1) is 24.1 Å². The molecule has 180 valence electrons. The zero-order chi connectivity index (χ0) is 23.8. The number of benzene rings is 1. The van der Waals surface area contributed by atoms with Gasteiger partial charge in [0.25, 0.3) is 0 Å². The maximum atomic E-state index is 9.89. The van der Waals surface area contributed by atoms with Gasteiger partial charge in [0.2, 0.25) is 5.88 Å². The van der Waals surface area contributed by atoms with Crippen LogP contribution in [0.3, 0.4) is 0 Å². The lowest BCUT2D eigenvalue weighted by atomic mass is 10.1. The molecule has 1 saturated heterocycles. The SMILES string of the molecule is C[C@H](O)C1CN(c2ccc(Nc3nc(-c4cnc5c(c4)NCCO5)cn4ccnc34)cc2)CCO1. The van der Waals surface area contributed by atoms with Crippen LogP contribution in [0.4, 0.5) is 22.9 Å². The molecule has 35 heavy (non-hydrogen) atoms. The number of rotatable bonds is 5. The fraction of sp³-hybridized carbons (Fsp3) is 0.320. The molecule has 2 aliphatic heterocycles. The summed E-state index contributed by atoms with van der Waals surface area (Å²) in [5.74, 6) is 1.27. The van der Waals surface area contributed by atoms with Crippen LogP contribution >= 0.6 is 0 Å². The maximum Gasteiger partial charge on any atom is 0.237 e. The molecule has 0 bridgehead atoms. The highest BCUT2D eigenvalue weighted by molar-refractivity contribution is 5.75. The summed E-state index contributed by atoms with van der Waals surface area (Å²) < 4.78 is 13.2. The molecule has 3 N–H and O–H groups in total. The fourth-order valence-electron chi connectivity index (χ4n) is 4.42. The summed E-state index contributed by atoms with van der Waals surface area (Å²) in [6, 6.07) is 10.2. The van der Waals surface area contributed by atoms with Crippen LogP contribution in [-0.4, -0.2) is 69.5 Å². The van der Waals surface area contributed by atoms with Crippen molar-refractivity contribution in [2.24, 2.45) is 0 Å². The number of hydrogen-bond donors (Lipinski definition) is 3. The largest absolute Gasteiger partial charge is 0.474 e. The molecule has 1 aromatic carbocycles. The van der Waals surface area contributed by atoms with Gasteiger partial charge in [-0.05, 0) is 37.3 Å². The molecule has 10 heteroatoms. The number of anilines is 4. The second kappa shape index (κ2) is 9.05. The van der Waals surface area contributed by atoms with E-state index >= 15 is 0 Å². The number of hydrogen-bond acceptors (Lipinski definition) is 9. The summed E-state index contributed by atoms with van der Waals surface area (Å²) in [4.78, 5) is 16.0. The van der Waals surface area contributed by atoms with E-state index < -0.39 is 6.10 Å². The second-order valence-electron chi connectivity index (χ2n) is 8.75. The lowest BCUT2D eigenvalue weighted by Crippen LogP contribution is -2.47. The number of aliphatic hydroxyl groups excluding tert-OH is 1. The average Bonchev–Trinajstić information content (AvgIpc) is 3.38. The van der Waals surface area contributed by atoms with Gasteiger partial charge in [-0.15, -0.1) is 0 Å². The first-order valence-corrected chi connectivity index (χ1v) is 11.8. The molecule has 1 fully saturated rings. The highest BCUT2D eigenvalue weighted by atomic mass is 16.5. The Morgan fingerprint density at radius 2 is 2.09 bits per heavy atom. The number of morpholine rings is 1. The summed E-state index contributed by atoms with van der Waals surface area (Å²) in [6.45, 7) is 5.18. The number of imidazole rings is 1. The average molecular weight is 474 g/mol. The van der Waals surface area contributed by atoms with Crippen LogP contribution in [0, 0.1) is 0 Å². The monoisotopic (exact) mass is 473 g/mol. The summed E-state index contributed by atoms with van der Waals surface area (Å²) in [5, 5.41) is 16.6. The first-order chi connectivity index (χ1) is 17.1. The normalized spacial score (nSPS) is 18.5. The third-order valence-corrected chi connectivity index (χ3v) is 6.30. The van der Waals surface area contributed by atoms with Crippen LogP contribution in [-0.2, 0) is 4.74 Å². The Morgan fingerprint density at radius 3 is 2.94 bits per heavy atom. The Balaban J connectivity index is 1.26. The zero-order valence-corrected chi connectivity index (χ0v) is 19.4. The zero-order valence-electron chi connectivity index (χ0n) is 19.4. The minimum Gasteiger partial charge on any atom is -0.474 e. The van der Waals surface area contributed by atoms with Crippen molar-refractivity contribution < 1.29 is 14.6 Å². The molecular weight excluding hydrogens is 446 g/mol. The van der Waals surface area contributed by atoms with Crippen LogP contribution in [0.5, 0.6) is 5.88 Å². The molecule has 1 unspecified atom stereocenters. The van der Waals surface area contributed by atoms with Gasteiger partial charge in [0.1, 0.15) is 12.7 Å². The van der Waals surface area contributed by atoms with Gasteiger partial charge in [0.15, 0.2) is 11.5 Å². The van der Waals surface area contributed by atoms with Gasteiger partial charge >= 0.3 is 0 Å². The highest BCUT2D eigenvalue weighted by Crippen LogP contribution is 2.31. The molecule has 2 aliphatic rings. The Bertz CT molecular complexity index is 1340. The van der Waals surface area contributed by atoms with Crippen molar-refractivity contribution in [3.63, 3.8) is 0 Å². The number of nitrogens with one attached hydrogen (secondary N) is 2. The van der Waals surface area contributed by atoms with Crippen LogP contribution in [0.1, 0.15) is 6.92 Å². The van der Waals surface area contributed by atoms with Crippen molar-refractivity contribution in [2.45, 2.75) is 19.1 Å². The van der Waals surface area contributed by atoms with Gasteiger partial charge in [-0.3, -0.25) is 0 Å². The number of aromatic nitrogens is 4. The molecule has 2 atom stereocenters. The van der Waals surface area contributed by atoms with Crippen molar-refractivity contribution in [3.05, 3.63) is 55.1 Å². The number of fused-ring (bicyclic) bond motifs is 2. The van der Waals surface area contributed by atoms with Crippen LogP contribution in [0.2, 0.25) is 0 Å². The van der Waals surface area contributed by atoms with Crippen molar-refractivity contribution in [1.29, 1.82) is 0 Å². The molecule has 0 spiro atoms. The van der Waals surface area contributed by atoms with Crippen LogP contribution in [0.25, 0.3) is 16.9 Å². The van der Waals surface area contributed by atoms with E-state index in [1.165, 1.54) is 0 Å². The van der Waals surface area contributed by atoms with Crippen molar-refractivity contribution in [2.75, 3.05) is 48.4 Å². The Labute approximate surface area is 202 Å². The minimum absolute atomic E-state index is 0.179. The van der Waals surface area contributed by atoms with E-state index in [9.17, 15) is 5.11 Å². The maximum absolute atomic E-state index is 9.89. The van der Waals surface area contributed by atoms with E-state index in [-0.39, 0.29) is 6.10 Å². The van der Waals surface area contributed by atoms with Gasteiger partial charge in [-0.2, -0.15) is 0 Å². The van der Waals surface area contributed by atoms with E-state index in [0.717, 1.165) is 47.1 Å². The van der Waals surface area contributed by atoms with Crippen LogP contribution < -0.4 is 20.3 Å². The van der Waals surface area contributed by atoms with E-state index in [2.05, 4.69) is 37.6 Å². The molecule has 0 aliphatic carbocycles. The summed E-state index contributed by atoms with van der Waals surface area (Å²) >= 11 is 0. The molecule has 6 rings (SSSR count). The molecule has 0 radical (unpaired) electrons. The Hall–Kier alpha value is -3.89. The molecule has 10 nitrogen and oxygen atoms in total. The topological polar surface area (TPSA) is 109 Å². The molecule has 0 saturated carbocycles. The molecule has 3 aromatic heterocycles. The molecular formula is C25H27N7O3. The van der Waals surface area contributed by atoms with Gasteiger partial charge < -0.3 is 34.5 Å². The lowest BCUT2D eigenvalue weighted by molar-refractivity contribution is -0.0364. The summed E-state index contributed by atoms with van der Waals surface area (Å²) in [7, 11) is 0. The smallest absolute Gasteiger partial charge is 0.237 e. The minimum atomic E-state index is -0.498. The predicted octanol–water partition coefficient (Wildman–Crippen LogP) is 2.93.